The van der Waals surface area contributed by atoms with Crippen LogP contribution in [0.2, 0.25) is 0 Å². The van der Waals surface area contributed by atoms with Gasteiger partial charge >= 0.3 is 0 Å². The van der Waals surface area contributed by atoms with Crippen molar-refractivity contribution < 1.29 is 0 Å². The average Bonchev–Trinajstić information content (AvgIpc) is 2.46. The van der Waals surface area contributed by atoms with Crippen molar-refractivity contribution in [1.82, 2.24) is 0 Å². The standard InChI is InChI=1S/C20H27N/c1-12-9-10-19(17(6)14(12)3)21(8)20-11-13(2)15(4)16(5)18(20)7/h9-11H,1-8H3. The Labute approximate surface area is 129 Å². The molecule has 0 bridgehead atoms. The molecule has 0 radical (unpaired) electrons. The van der Waals surface area contributed by atoms with Crippen LogP contribution in [0.5, 0.6) is 0 Å². The smallest absolute Gasteiger partial charge is 0.0443 e. The summed E-state index contributed by atoms with van der Waals surface area (Å²) in [6.07, 6.45) is 0. The third kappa shape index (κ3) is 2.57. The molecule has 0 aliphatic carbocycles. The molecule has 0 atom stereocenters. The lowest BCUT2D eigenvalue weighted by Gasteiger charge is -2.27. The zero-order valence-electron chi connectivity index (χ0n) is 14.7. The van der Waals surface area contributed by atoms with E-state index in [4.69, 9.17) is 0 Å². The summed E-state index contributed by atoms with van der Waals surface area (Å²) in [7, 11) is 2.17. The Kier molecular flexibility index (Phi) is 4.13. The van der Waals surface area contributed by atoms with E-state index in [0.717, 1.165) is 0 Å². The third-order valence-corrected chi connectivity index (χ3v) is 5.21. The Morgan fingerprint density at radius 2 is 1.10 bits per heavy atom. The average molecular weight is 281 g/mol. The van der Waals surface area contributed by atoms with Crippen LogP contribution < -0.4 is 4.90 Å². The molecular weight excluding hydrogens is 254 g/mol. The van der Waals surface area contributed by atoms with Gasteiger partial charge in [0.1, 0.15) is 0 Å². The van der Waals surface area contributed by atoms with Gasteiger partial charge in [0.15, 0.2) is 0 Å². The zero-order chi connectivity index (χ0) is 15.9. The van der Waals surface area contributed by atoms with Crippen molar-refractivity contribution in [1.29, 1.82) is 0 Å². The monoisotopic (exact) mass is 281 g/mol. The summed E-state index contributed by atoms with van der Waals surface area (Å²) in [6, 6.07) is 6.77. The number of benzene rings is 2. The number of aryl methyl sites for hydroxylation is 2. The van der Waals surface area contributed by atoms with Gasteiger partial charge in [0.25, 0.3) is 0 Å². The van der Waals surface area contributed by atoms with Gasteiger partial charge in [-0.3, -0.25) is 0 Å². The molecule has 0 spiro atoms. The fourth-order valence-electron chi connectivity index (χ4n) is 2.97. The molecule has 1 nitrogen and oxygen atoms in total. The quantitative estimate of drug-likeness (QED) is 0.691. The van der Waals surface area contributed by atoms with Crippen LogP contribution in [0, 0.1) is 48.5 Å². The van der Waals surface area contributed by atoms with Crippen LogP contribution in [0.3, 0.4) is 0 Å². The molecule has 0 N–H and O–H groups in total. The van der Waals surface area contributed by atoms with Gasteiger partial charge in [0, 0.05) is 18.4 Å². The minimum Gasteiger partial charge on any atom is -0.344 e. The number of nitrogens with zero attached hydrogens (tertiary/aromatic N) is 1. The number of hydrogen-bond donors (Lipinski definition) is 0. The maximum absolute atomic E-state index is 2.33. The van der Waals surface area contributed by atoms with Crippen molar-refractivity contribution in [3.8, 4) is 0 Å². The summed E-state index contributed by atoms with van der Waals surface area (Å²) in [5.74, 6) is 0. The second-order valence-corrected chi connectivity index (χ2v) is 6.30. The molecular formula is C20H27N. The zero-order valence-corrected chi connectivity index (χ0v) is 14.7. The van der Waals surface area contributed by atoms with E-state index in [1.54, 1.807) is 0 Å². The van der Waals surface area contributed by atoms with Crippen LogP contribution in [0.15, 0.2) is 18.2 Å². The van der Waals surface area contributed by atoms with Gasteiger partial charge in [0.05, 0.1) is 0 Å². The molecule has 2 aromatic rings. The van der Waals surface area contributed by atoms with Crippen molar-refractivity contribution in [2.75, 3.05) is 11.9 Å². The first kappa shape index (κ1) is 15.6. The maximum atomic E-state index is 2.33. The summed E-state index contributed by atoms with van der Waals surface area (Å²) in [4.78, 5) is 2.33. The topological polar surface area (TPSA) is 3.24 Å². The molecule has 0 saturated carbocycles. The van der Waals surface area contributed by atoms with Gasteiger partial charge in [0.2, 0.25) is 0 Å². The lowest BCUT2D eigenvalue weighted by molar-refractivity contribution is 1.11. The van der Waals surface area contributed by atoms with Crippen molar-refractivity contribution >= 4 is 11.4 Å². The Hall–Kier alpha value is -1.76. The van der Waals surface area contributed by atoms with E-state index >= 15 is 0 Å². The van der Waals surface area contributed by atoms with Gasteiger partial charge in [-0.25, -0.2) is 0 Å². The van der Waals surface area contributed by atoms with Gasteiger partial charge in [-0.1, -0.05) is 6.07 Å². The highest BCUT2D eigenvalue weighted by atomic mass is 15.1. The summed E-state index contributed by atoms with van der Waals surface area (Å²) in [5, 5.41) is 0. The highest BCUT2D eigenvalue weighted by Gasteiger charge is 2.14. The number of hydrogen-bond acceptors (Lipinski definition) is 1. The van der Waals surface area contributed by atoms with E-state index in [1.165, 1.54) is 50.3 Å². The lowest BCUT2D eigenvalue weighted by Crippen LogP contribution is -2.14. The molecule has 0 saturated heterocycles. The van der Waals surface area contributed by atoms with E-state index in [2.05, 4.69) is 78.6 Å². The minimum atomic E-state index is 1.30. The molecule has 112 valence electrons. The van der Waals surface area contributed by atoms with Crippen LogP contribution in [0.25, 0.3) is 0 Å². The molecule has 0 unspecified atom stereocenters. The molecule has 0 aliphatic heterocycles. The molecule has 0 aliphatic rings. The van der Waals surface area contributed by atoms with Gasteiger partial charge in [-0.2, -0.15) is 0 Å². The largest absolute Gasteiger partial charge is 0.344 e. The van der Waals surface area contributed by atoms with Crippen molar-refractivity contribution in [2.45, 2.75) is 48.5 Å². The van der Waals surface area contributed by atoms with Crippen molar-refractivity contribution in [3.05, 3.63) is 57.1 Å². The first-order valence-corrected chi connectivity index (χ1v) is 7.63. The SMILES string of the molecule is Cc1ccc(N(C)c2cc(C)c(C)c(C)c2C)c(C)c1C. The lowest BCUT2D eigenvalue weighted by atomic mass is 9.96. The second kappa shape index (κ2) is 5.55. The van der Waals surface area contributed by atoms with Crippen LogP contribution in [0.4, 0.5) is 11.4 Å². The van der Waals surface area contributed by atoms with Crippen molar-refractivity contribution in [3.63, 3.8) is 0 Å². The summed E-state index contributed by atoms with van der Waals surface area (Å²) in [6.45, 7) is 15.5. The molecule has 0 amide bonds. The summed E-state index contributed by atoms with van der Waals surface area (Å²) < 4.78 is 0. The predicted molar refractivity (Wildman–Crippen MR) is 94.1 cm³/mol. The normalized spacial score (nSPS) is 10.9. The summed E-state index contributed by atoms with van der Waals surface area (Å²) in [5.41, 5.74) is 12.3. The second-order valence-electron chi connectivity index (χ2n) is 6.30. The Bertz CT molecular complexity index is 696. The van der Waals surface area contributed by atoms with Crippen LogP contribution >= 0.6 is 0 Å². The van der Waals surface area contributed by atoms with Crippen LogP contribution in [-0.4, -0.2) is 7.05 Å². The highest BCUT2D eigenvalue weighted by molar-refractivity contribution is 5.72. The molecule has 2 rings (SSSR count). The molecule has 2 aromatic carbocycles. The Balaban J connectivity index is 2.61. The molecule has 0 fully saturated rings. The molecule has 21 heavy (non-hydrogen) atoms. The van der Waals surface area contributed by atoms with Crippen LogP contribution in [-0.2, 0) is 0 Å². The number of anilines is 2. The first-order valence-electron chi connectivity index (χ1n) is 7.63. The fourth-order valence-corrected chi connectivity index (χ4v) is 2.97. The molecule has 0 aromatic heterocycles. The molecule has 0 heterocycles. The van der Waals surface area contributed by atoms with E-state index in [9.17, 15) is 0 Å². The fraction of sp³-hybridized carbons (Fsp3) is 0.400. The van der Waals surface area contributed by atoms with E-state index in [1.807, 2.05) is 0 Å². The maximum Gasteiger partial charge on any atom is 0.0443 e. The highest BCUT2D eigenvalue weighted by Crippen LogP contribution is 2.34. The van der Waals surface area contributed by atoms with Gasteiger partial charge in [-0.15, -0.1) is 0 Å². The predicted octanol–water partition coefficient (Wildman–Crippen LogP) is 5.61. The van der Waals surface area contributed by atoms with Gasteiger partial charge in [-0.05, 0) is 99.5 Å². The Morgan fingerprint density at radius 1 is 0.571 bits per heavy atom. The molecule has 1 heteroatoms. The first-order chi connectivity index (χ1) is 9.75. The number of rotatable bonds is 2. The van der Waals surface area contributed by atoms with Gasteiger partial charge < -0.3 is 4.90 Å². The van der Waals surface area contributed by atoms with Crippen LogP contribution in [0.1, 0.15) is 38.9 Å². The summed E-state index contributed by atoms with van der Waals surface area (Å²) >= 11 is 0. The van der Waals surface area contributed by atoms with Crippen molar-refractivity contribution in [2.24, 2.45) is 0 Å². The Morgan fingerprint density at radius 3 is 1.71 bits per heavy atom. The third-order valence-electron chi connectivity index (χ3n) is 5.21. The van der Waals surface area contributed by atoms with E-state index in [-0.39, 0.29) is 0 Å². The minimum absolute atomic E-state index is 1.30. The van der Waals surface area contributed by atoms with E-state index < -0.39 is 0 Å². The van der Waals surface area contributed by atoms with E-state index in [0.29, 0.717) is 0 Å².